The fraction of sp³-hybridized carbons (Fsp3) is 0.417. The van der Waals surface area contributed by atoms with E-state index in [0.717, 1.165) is 44.2 Å². The molecule has 4 rings (SSSR count). The van der Waals surface area contributed by atoms with E-state index in [2.05, 4.69) is 32.6 Å². The Labute approximate surface area is 189 Å². The third-order valence-corrected chi connectivity index (χ3v) is 6.05. The number of piperazine rings is 1. The lowest BCUT2D eigenvalue weighted by Crippen LogP contribution is -2.50. The number of anilines is 2. The minimum atomic E-state index is -0.213. The molecular formula is C24H31N5O3. The monoisotopic (exact) mass is 437 g/mol. The van der Waals surface area contributed by atoms with Crippen molar-refractivity contribution in [3.8, 4) is 5.75 Å². The second-order valence-corrected chi connectivity index (χ2v) is 8.17. The van der Waals surface area contributed by atoms with Crippen molar-refractivity contribution in [2.75, 3.05) is 62.7 Å². The van der Waals surface area contributed by atoms with Crippen molar-refractivity contribution in [1.82, 2.24) is 15.5 Å². The Kier molecular flexibility index (Phi) is 7.11. The summed E-state index contributed by atoms with van der Waals surface area (Å²) in [5.74, 6) is 0.905. The van der Waals surface area contributed by atoms with Gasteiger partial charge in [-0.25, -0.2) is 4.79 Å². The Morgan fingerprint density at radius 1 is 1.00 bits per heavy atom. The Morgan fingerprint density at radius 3 is 2.41 bits per heavy atom. The summed E-state index contributed by atoms with van der Waals surface area (Å²) in [6.07, 6.45) is 0.329. The second kappa shape index (κ2) is 10.4. The summed E-state index contributed by atoms with van der Waals surface area (Å²) in [7, 11) is 1.68. The largest absolute Gasteiger partial charge is 0.497 e. The number of rotatable bonds is 7. The molecule has 2 aromatic carbocycles. The van der Waals surface area contributed by atoms with Crippen LogP contribution in [0.1, 0.15) is 6.42 Å². The molecule has 2 aliphatic rings. The molecule has 2 aromatic rings. The predicted octanol–water partition coefficient (Wildman–Crippen LogP) is 1.92. The number of hydrogen-bond acceptors (Lipinski definition) is 5. The Bertz CT molecular complexity index is 898. The highest BCUT2D eigenvalue weighted by molar-refractivity contribution is 5.96. The zero-order valence-corrected chi connectivity index (χ0v) is 18.5. The van der Waals surface area contributed by atoms with Gasteiger partial charge in [0.15, 0.2) is 0 Å². The lowest BCUT2D eigenvalue weighted by atomic mass is 10.2. The molecule has 0 saturated carbocycles. The van der Waals surface area contributed by atoms with E-state index in [0.29, 0.717) is 19.5 Å². The van der Waals surface area contributed by atoms with Crippen molar-refractivity contribution in [3.63, 3.8) is 0 Å². The van der Waals surface area contributed by atoms with Crippen molar-refractivity contribution < 1.29 is 14.3 Å². The van der Waals surface area contributed by atoms with Crippen LogP contribution in [-0.2, 0) is 4.79 Å². The molecule has 8 heteroatoms. The van der Waals surface area contributed by atoms with E-state index < -0.39 is 0 Å². The summed E-state index contributed by atoms with van der Waals surface area (Å²) in [5.41, 5.74) is 2.08. The lowest BCUT2D eigenvalue weighted by molar-refractivity contribution is -0.117. The van der Waals surface area contributed by atoms with E-state index in [4.69, 9.17) is 4.74 Å². The molecule has 0 aliphatic carbocycles. The first-order valence-electron chi connectivity index (χ1n) is 11.1. The Hall–Kier alpha value is -3.26. The number of nitrogens with one attached hydrogen (secondary N) is 2. The summed E-state index contributed by atoms with van der Waals surface area (Å²) in [6, 6.07) is 17.3. The summed E-state index contributed by atoms with van der Waals surface area (Å²) in [4.78, 5) is 31.0. The van der Waals surface area contributed by atoms with E-state index in [1.54, 1.807) is 12.0 Å². The van der Waals surface area contributed by atoms with E-state index in [-0.39, 0.29) is 18.0 Å². The number of carbonyl (C=O) groups is 2. The molecule has 2 heterocycles. The number of hydrogen-bond donors (Lipinski definition) is 2. The van der Waals surface area contributed by atoms with Crippen molar-refractivity contribution in [1.29, 1.82) is 0 Å². The van der Waals surface area contributed by atoms with E-state index in [1.807, 2.05) is 42.5 Å². The van der Waals surface area contributed by atoms with Gasteiger partial charge in [0, 0.05) is 63.6 Å². The minimum absolute atomic E-state index is 0.0382. The molecule has 8 nitrogen and oxygen atoms in total. The Morgan fingerprint density at radius 2 is 1.72 bits per heavy atom. The summed E-state index contributed by atoms with van der Waals surface area (Å²) in [5, 5.41) is 5.87. The molecular weight excluding hydrogens is 406 g/mol. The fourth-order valence-corrected chi connectivity index (χ4v) is 4.25. The quantitative estimate of drug-likeness (QED) is 0.692. The van der Waals surface area contributed by atoms with Crippen molar-refractivity contribution in [2.45, 2.75) is 12.5 Å². The zero-order chi connectivity index (χ0) is 22.3. The third-order valence-electron chi connectivity index (χ3n) is 6.05. The zero-order valence-electron chi connectivity index (χ0n) is 18.5. The Balaban J connectivity index is 1.14. The molecule has 2 saturated heterocycles. The maximum atomic E-state index is 12.3. The highest BCUT2D eigenvalue weighted by Gasteiger charge is 2.31. The maximum Gasteiger partial charge on any atom is 0.315 e. The molecule has 2 N–H and O–H groups in total. The van der Waals surface area contributed by atoms with Crippen LogP contribution < -0.4 is 25.2 Å². The van der Waals surface area contributed by atoms with E-state index in [1.165, 1.54) is 5.69 Å². The lowest BCUT2D eigenvalue weighted by Gasteiger charge is -2.36. The van der Waals surface area contributed by atoms with Gasteiger partial charge in [0.25, 0.3) is 0 Å². The average Bonchev–Trinajstić information content (AvgIpc) is 3.20. The highest BCUT2D eigenvalue weighted by atomic mass is 16.5. The van der Waals surface area contributed by atoms with E-state index in [9.17, 15) is 9.59 Å². The molecule has 0 spiro atoms. The summed E-state index contributed by atoms with van der Waals surface area (Å²) >= 11 is 0. The van der Waals surface area contributed by atoms with Crippen LogP contribution in [0.15, 0.2) is 54.6 Å². The standard InChI is InChI=1S/C24H31N5O3/c1-32-22-9-7-20(8-10-22)28-15-13-27(14-16-28)12-11-25-24(31)26-19-17-23(30)29(18-19)21-5-3-2-4-6-21/h2-10,19H,11-18H2,1H3,(H2,25,26,31). The van der Waals surface area contributed by atoms with Gasteiger partial charge < -0.3 is 25.2 Å². The van der Waals surface area contributed by atoms with Gasteiger partial charge >= 0.3 is 6.03 Å². The number of nitrogens with zero attached hydrogens (tertiary/aromatic N) is 3. The topological polar surface area (TPSA) is 77.1 Å². The van der Waals surface area contributed by atoms with Crippen molar-refractivity contribution in [3.05, 3.63) is 54.6 Å². The van der Waals surface area contributed by atoms with E-state index >= 15 is 0 Å². The van der Waals surface area contributed by atoms with Gasteiger partial charge in [0.05, 0.1) is 13.2 Å². The van der Waals surface area contributed by atoms with Gasteiger partial charge in [0.1, 0.15) is 5.75 Å². The van der Waals surface area contributed by atoms with Crippen LogP contribution in [0.3, 0.4) is 0 Å². The van der Waals surface area contributed by atoms with Gasteiger partial charge in [-0.1, -0.05) is 18.2 Å². The van der Waals surface area contributed by atoms with Crippen LogP contribution in [0.5, 0.6) is 5.75 Å². The third kappa shape index (κ3) is 5.50. The average molecular weight is 438 g/mol. The normalized spacial score (nSPS) is 19.2. The van der Waals surface area contributed by atoms with Crippen LogP contribution in [0.25, 0.3) is 0 Å². The molecule has 32 heavy (non-hydrogen) atoms. The SMILES string of the molecule is COc1ccc(N2CCN(CCNC(=O)NC3CC(=O)N(c4ccccc4)C3)CC2)cc1. The van der Waals surface area contributed by atoms with Gasteiger partial charge in [-0.2, -0.15) is 0 Å². The van der Waals surface area contributed by atoms with Crippen LogP contribution in [0.4, 0.5) is 16.2 Å². The molecule has 1 atom stereocenters. The fourth-order valence-electron chi connectivity index (χ4n) is 4.25. The van der Waals surface area contributed by atoms with Crippen LogP contribution in [0.2, 0.25) is 0 Å². The van der Waals surface area contributed by atoms with Crippen molar-refractivity contribution in [2.24, 2.45) is 0 Å². The molecule has 0 radical (unpaired) electrons. The number of amides is 3. The van der Waals surface area contributed by atoms with Gasteiger partial charge in [-0.05, 0) is 36.4 Å². The summed E-state index contributed by atoms with van der Waals surface area (Å²) in [6.45, 7) is 5.72. The van der Waals surface area contributed by atoms with Crippen LogP contribution in [-0.4, -0.2) is 75.8 Å². The van der Waals surface area contributed by atoms with Crippen LogP contribution in [0, 0.1) is 0 Å². The van der Waals surface area contributed by atoms with Crippen LogP contribution >= 0.6 is 0 Å². The predicted molar refractivity (Wildman–Crippen MR) is 125 cm³/mol. The number of carbonyl (C=O) groups excluding carboxylic acids is 2. The molecule has 2 aliphatic heterocycles. The number of methoxy groups -OCH3 is 1. The molecule has 0 bridgehead atoms. The first-order valence-corrected chi connectivity index (χ1v) is 11.1. The molecule has 0 aromatic heterocycles. The van der Waals surface area contributed by atoms with Crippen molar-refractivity contribution >= 4 is 23.3 Å². The number of urea groups is 1. The first kappa shape index (κ1) is 22.0. The number of ether oxygens (including phenoxy) is 1. The molecule has 2 fully saturated rings. The van der Waals surface area contributed by atoms with Gasteiger partial charge in [0.2, 0.25) is 5.91 Å². The minimum Gasteiger partial charge on any atom is -0.497 e. The smallest absolute Gasteiger partial charge is 0.315 e. The molecule has 3 amide bonds. The van der Waals surface area contributed by atoms with Gasteiger partial charge in [-0.3, -0.25) is 9.69 Å². The number of benzene rings is 2. The highest BCUT2D eigenvalue weighted by Crippen LogP contribution is 2.21. The summed E-state index contributed by atoms with van der Waals surface area (Å²) < 4.78 is 5.22. The van der Waals surface area contributed by atoms with Gasteiger partial charge in [-0.15, -0.1) is 0 Å². The first-order chi connectivity index (χ1) is 15.6. The number of para-hydroxylation sites is 1. The second-order valence-electron chi connectivity index (χ2n) is 8.17. The molecule has 170 valence electrons. The maximum absolute atomic E-state index is 12.3. The molecule has 1 unspecified atom stereocenters.